The number of aromatic nitrogens is 2. The maximum atomic E-state index is 11.2. The Bertz CT molecular complexity index is 398. The van der Waals surface area contributed by atoms with Gasteiger partial charge in [-0.05, 0) is 13.3 Å². The SMILES string of the molecule is CC(C(N)=O)n1cncc1C(N)C1CCOC1. The number of rotatable bonds is 4. The van der Waals surface area contributed by atoms with E-state index in [2.05, 4.69) is 4.98 Å². The molecule has 3 unspecified atom stereocenters. The van der Waals surface area contributed by atoms with Gasteiger partial charge in [0, 0.05) is 18.7 Å². The molecule has 0 radical (unpaired) electrons. The number of ether oxygens (including phenoxy) is 1. The Labute approximate surface area is 99.9 Å². The molecule has 1 fully saturated rings. The summed E-state index contributed by atoms with van der Waals surface area (Å²) < 4.78 is 7.06. The molecule has 0 spiro atoms. The van der Waals surface area contributed by atoms with Crippen molar-refractivity contribution in [3.8, 4) is 0 Å². The quantitative estimate of drug-likeness (QED) is 0.769. The molecule has 1 aromatic heterocycles. The highest BCUT2D eigenvalue weighted by molar-refractivity contribution is 5.78. The Morgan fingerprint density at radius 3 is 3.06 bits per heavy atom. The van der Waals surface area contributed by atoms with Gasteiger partial charge in [0.15, 0.2) is 0 Å². The maximum Gasteiger partial charge on any atom is 0.240 e. The van der Waals surface area contributed by atoms with Crippen LogP contribution in [-0.4, -0.2) is 28.7 Å². The van der Waals surface area contributed by atoms with Crippen molar-refractivity contribution in [3.63, 3.8) is 0 Å². The molecular formula is C11H18N4O2. The fourth-order valence-electron chi connectivity index (χ4n) is 2.11. The van der Waals surface area contributed by atoms with Crippen LogP contribution < -0.4 is 11.5 Å². The number of primary amides is 1. The molecule has 17 heavy (non-hydrogen) atoms. The Hall–Kier alpha value is -1.40. The highest BCUT2D eigenvalue weighted by atomic mass is 16.5. The van der Waals surface area contributed by atoms with Gasteiger partial charge in [0.2, 0.25) is 5.91 Å². The molecule has 6 heteroatoms. The Kier molecular flexibility index (Phi) is 3.44. The number of carbonyl (C=O) groups excluding carboxylic acids is 1. The zero-order chi connectivity index (χ0) is 12.4. The topological polar surface area (TPSA) is 96.2 Å². The molecule has 3 atom stereocenters. The summed E-state index contributed by atoms with van der Waals surface area (Å²) in [6, 6.07) is -0.595. The molecule has 0 bridgehead atoms. The van der Waals surface area contributed by atoms with Crippen LogP contribution in [0.15, 0.2) is 12.5 Å². The number of imidazole rings is 1. The first kappa shape index (κ1) is 12.1. The summed E-state index contributed by atoms with van der Waals surface area (Å²) in [4.78, 5) is 15.3. The van der Waals surface area contributed by atoms with Gasteiger partial charge in [0.05, 0.1) is 24.7 Å². The van der Waals surface area contributed by atoms with Crippen molar-refractivity contribution in [2.75, 3.05) is 13.2 Å². The van der Waals surface area contributed by atoms with Gasteiger partial charge in [-0.3, -0.25) is 4.79 Å². The first-order chi connectivity index (χ1) is 8.11. The van der Waals surface area contributed by atoms with Gasteiger partial charge in [-0.25, -0.2) is 4.98 Å². The predicted molar refractivity (Wildman–Crippen MR) is 62.0 cm³/mol. The molecule has 1 saturated heterocycles. The Morgan fingerprint density at radius 2 is 2.47 bits per heavy atom. The molecule has 6 nitrogen and oxygen atoms in total. The second-order valence-electron chi connectivity index (χ2n) is 4.45. The summed E-state index contributed by atoms with van der Waals surface area (Å²) >= 11 is 0. The van der Waals surface area contributed by atoms with E-state index in [-0.39, 0.29) is 17.9 Å². The van der Waals surface area contributed by atoms with E-state index in [4.69, 9.17) is 16.2 Å². The minimum absolute atomic E-state index is 0.165. The van der Waals surface area contributed by atoms with Gasteiger partial charge in [-0.15, -0.1) is 0 Å². The summed E-state index contributed by atoms with van der Waals surface area (Å²) in [7, 11) is 0. The van der Waals surface area contributed by atoms with Crippen molar-refractivity contribution >= 4 is 5.91 Å². The van der Waals surface area contributed by atoms with E-state index in [1.54, 1.807) is 24.0 Å². The zero-order valence-electron chi connectivity index (χ0n) is 9.87. The minimum Gasteiger partial charge on any atom is -0.381 e. The Balaban J connectivity index is 2.20. The van der Waals surface area contributed by atoms with Gasteiger partial charge in [-0.1, -0.05) is 0 Å². The smallest absolute Gasteiger partial charge is 0.240 e. The van der Waals surface area contributed by atoms with E-state index in [1.807, 2.05) is 0 Å². The number of hydrogen-bond acceptors (Lipinski definition) is 4. The van der Waals surface area contributed by atoms with Crippen LogP contribution in [0.4, 0.5) is 0 Å². The van der Waals surface area contributed by atoms with Gasteiger partial charge >= 0.3 is 0 Å². The fourth-order valence-corrected chi connectivity index (χ4v) is 2.11. The lowest BCUT2D eigenvalue weighted by atomic mass is 9.97. The van der Waals surface area contributed by atoms with Crippen LogP contribution >= 0.6 is 0 Å². The lowest BCUT2D eigenvalue weighted by Crippen LogP contribution is -2.29. The third-order valence-electron chi connectivity index (χ3n) is 3.34. The van der Waals surface area contributed by atoms with Crippen molar-refractivity contribution in [1.29, 1.82) is 0 Å². The van der Waals surface area contributed by atoms with Crippen LogP contribution in [0.3, 0.4) is 0 Å². The number of nitrogens with zero attached hydrogens (tertiary/aromatic N) is 2. The van der Waals surface area contributed by atoms with Crippen LogP contribution in [0.25, 0.3) is 0 Å². The van der Waals surface area contributed by atoms with Gasteiger partial charge in [-0.2, -0.15) is 0 Å². The van der Waals surface area contributed by atoms with E-state index in [0.717, 1.165) is 18.7 Å². The number of nitrogens with two attached hydrogens (primary N) is 2. The first-order valence-corrected chi connectivity index (χ1v) is 5.75. The molecule has 2 rings (SSSR count). The van der Waals surface area contributed by atoms with Gasteiger partial charge in [0.25, 0.3) is 0 Å². The highest BCUT2D eigenvalue weighted by Gasteiger charge is 2.27. The van der Waals surface area contributed by atoms with Crippen LogP contribution in [0.5, 0.6) is 0 Å². The van der Waals surface area contributed by atoms with Crippen molar-refractivity contribution < 1.29 is 9.53 Å². The highest BCUT2D eigenvalue weighted by Crippen LogP contribution is 2.27. The molecule has 0 aromatic carbocycles. The first-order valence-electron chi connectivity index (χ1n) is 5.75. The van der Waals surface area contributed by atoms with Crippen LogP contribution in [0.2, 0.25) is 0 Å². The average Bonchev–Trinajstić information content (AvgIpc) is 2.97. The fraction of sp³-hybridized carbons (Fsp3) is 0.636. The average molecular weight is 238 g/mol. The molecular weight excluding hydrogens is 220 g/mol. The van der Waals surface area contributed by atoms with E-state index in [1.165, 1.54) is 0 Å². The molecule has 0 saturated carbocycles. The standard InChI is InChI=1S/C11H18N4O2/c1-7(11(13)16)15-6-14-4-9(15)10(12)8-2-3-17-5-8/h4,6-8,10H,2-3,5,12H2,1H3,(H2,13,16). The molecule has 94 valence electrons. The molecule has 4 N–H and O–H groups in total. The maximum absolute atomic E-state index is 11.2. The van der Waals surface area contributed by atoms with Crippen molar-refractivity contribution in [3.05, 3.63) is 18.2 Å². The lowest BCUT2D eigenvalue weighted by Gasteiger charge is -2.21. The zero-order valence-corrected chi connectivity index (χ0v) is 9.87. The number of hydrogen-bond donors (Lipinski definition) is 2. The second-order valence-corrected chi connectivity index (χ2v) is 4.45. The monoisotopic (exact) mass is 238 g/mol. The molecule has 1 aromatic rings. The van der Waals surface area contributed by atoms with Gasteiger partial charge < -0.3 is 20.8 Å². The van der Waals surface area contributed by atoms with Crippen LogP contribution in [0, 0.1) is 5.92 Å². The van der Waals surface area contributed by atoms with Gasteiger partial charge in [0.1, 0.15) is 6.04 Å². The van der Waals surface area contributed by atoms with E-state index in [0.29, 0.717) is 6.61 Å². The van der Waals surface area contributed by atoms with E-state index < -0.39 is 6.04 Å². The number of amides is 1. The summed E-state index contributed by atoms with van der Waals surface area (Å²) in [6.07, 6.45) is 4.24. The van der Waals surface area contributed by atoms with Crippen molar-refractivity contribution in [1.82, 2.24) is 9.55 Å². The summed E-state index contributed by atoms with van der Waals surface area (Å²) in [5, 5.41) is 0. The summed E-state index contributed by atoms with van der Waals surface area (Å²) in [5.41, 5.74) is 12.3. The molecule has 2 heterocycles. The third kappa shape index (κ3) is 2.32. The summed E-state index contributed by atoms with van der Waals surface area (Å²) in [6.45, 7) is 3.15. The van der Waals surface area contributed by atoms with Crippen LogP contribution in [0.1, 0.15) is 31.1 Å². The predicted octanol–water partition coefficient (Wildman–Crippen LogP) is -0.0343. The summed E-state index contributed by atoms with van der Waals surface area (Å²) in [5.74, 6) is -0.107. The third-order valence-corrected chi connectivity index (χ3v) is 3.34. The normalized spacial score (nSPS) is 23.5. The van der Waals surface area contributed by atoms with Crippen molar-refractivity contribution in [2.45, 2.75) is 25.4 Å². The van der Waals surface area contributed by atoms with E-state index >= 15 is 0 Å². The van der Waals surface area contributed by atoms with Crippen molar-refractivity contribution in [2.24, 2.45) is 17.4 Å². The molecule has 1 aliphatic rings. The lowest BCUT2D eigenvalue weighted by molar-refractivity contribution is -0.120. The van der Waals surface area contributed by atoms with E-state index in [9.17, 15) is 4.79 Å². The Morgan fingerprint density at radius 1 is 1.71 bits per heavy atom. The molecule has 1 amide bonds. The molecule has 1 aliphatic heterocycles. The number of carbonyl (C=O) groups is 1. The minimum atomic E-state index is -0.430. The molecule has 0 aliphatic carbocycles. The second kappa shape index (κ2) is 4.85. The van der Waals surface area contributed by atoms with Crippen LogP contribution in [-0.2, 0) is 9.53 Å². The largest absolute Gasteiger partial charge is 0.381 e.